The van der Waals surface area contributed by atoms with Crippen molar-refractivity contribution in [1.82, 2.24) is 9.88 Å². The molecule has 1 atom stereocenters. The highest BCUT2D eigenvalue weighted by molar-refractivity contribution is 5.98. The second-order valence-electron chi connectivity index (χ2n) is 5.12. The van der Waals surface area contributed by atoms with E-state index in [9.17, 15) is 9.59 Å². The van der Waals surface area contributed by atoms with E-state index in [-0.39, 0.29) is 17.6 Å². The highest BCUT2D eigenvalue weighted by Gasteiger charge is 2.29. The number of H-pyrrole nitrogens is 1. The lowest BCUT2D eigenvalue weighted by molar-refractivity contribution is -0.120. The molecule has 1 aliphatic rings. The largest absolute Gasteiger partial charge is 0.351 e. The van der Waals surface area contributed by atoms with Gasteiger partial charge >= 0.3 is 0 Å². The van der Waals surface area contributed by atoms with Crippen LogP contribution in [0, 0.1) is 5.92 Å². The molecule has 0 saturated carbocycles. The number of likely N-dealkylation sites (tertiary alicyclic amines) is 1. The zero-order valence-corrected chi connectivity index (χ0v) is 10.8. The van der Waals surface area contributed by atoms with E-state index in [1.807, 2.05) is 30.3 Å². The zero-order valence-electron chi connectivity index (χ0n) is 10.8. The molecular formula is C15H16N2O2. The molecule has 4 heteroatoms. The summed E-state index contributed by atoms with van der Waals surface area (Å²) in [6.07, 6.45) is 0.779. The Morgan fingerprint density at radius 2 is 2.11 bits per heavy atom. The highest BCUT2D eigenvalue weighted by Crippen LogP contribution is 2.21. The summed E-state index contributed by atoms with van der Waals surface area (Å²) in [6, 6.07) is 9.69. The fourth-order valence-corrected chi connectivity index (χ4v) is 2.64. The Morgan fingerprint density at radius 3 is 2.79 bits per heavy atom. The lowest BCUT2D eigenvalue weighted by atomic mass is 10.1. The number of aromatic amines is 1. The molecule has 1 N–H and O–H groups in total. The Balaban J connectivity index is 1.82. The van der Waals surface area contributed by atoms with E-state index in [1.54, 1.807) is 11.8 Å². The Labute approximate surface area is 111 Å². The first-order chi connectivity index (χ1) is 9.15. The number of hydrogen-bond donors (Lipinski definition) is 1. The van der Waals surface area contributed by atoms with Crippen molar-refractivity contribution in [2.45, 2.75) is 13.3 Å². The highest BCUT2D eigenvalue weighted by atomic mass is 16.2. The number of aromatic nitrogens is 1. The SMILES string of the molecule is CC(=O)[C@H]1CCN(C(=O)c2cc3ccccc3[nH]2)C1. The number of ketones is 1. The predicted molar refractivity (Wildman–Crippen MR) is 73.0 cm³/mol. The van der Waals surface area contributed by atoms with E-state index >= 15 is 0 Å². The van der Waals surface area contributed by atoms with Crippen molar-refractivity contribution in [2.75, 3.05) is 13.1 Å². The van der Waals surface area contributed by atoms with Crippen LogP contribution in [0.25, 0.3) is 10.9 Å². The fourth-order valence-electron chi connectivity index (χ4n) is 2.64. The van der Waals surface area contributed by atoms with Gasteiger partial charge in [0.2, 0.25) is 0 Å². The molecular weight excluding hydrogens is 240 g/mol. The van der Waals surface area contributed by atoms with Crippen molar-refractivity contribution >= 4 is 22.6 Å². The summed E-state index contributed by atoms with van der Waals surface area (Å²) in [4.78, 5) is 28.6. The standard InChI is InChI=1S/C15H16N2O2/c1-10(18)12-6-7-17(9-12)15(19)14-8-11-4-2-3-5-13(11)16-14/h2-5,8,12,16H,6-7,9H2,1H3/t12-/m0/s1. The van der Waals surface area contributed by atoms with Gasteiger partial charge in [-0.2, -0.15) is 0 Å². The maximum absolute atomic E-state index is 12.4. The second kappa shape index (κ2) is 4.53. The van der Waals surface area contributed by atoms with E-state index in [0.29, 0.717) is 18.8 Å². The van der Waals surface area contributed by atoms with E-state index in [0.717, 1.165) is 17.3 Å². The summed E-state index contributed by atoms with van der Waals surface area (Å²) in [5, 5.41) is 1.04. The molecule has 2 aromatic rings. The van der Waals surface area contributed by atoms with Crippen LogP contribution in [0.15, 0.2) is 30.3 Å². The minimum atomic E-state index is -0.0139. The van der Waals surface area contributed by atoms with Crippen LogP contribution in [0.4, 0.5) is 0 Å². The number of amides is 1. The average Bonchev–Trinajstić information content (AvgIpc) is 3.04. The second-order valence-corrected chi connectivity index (χ2v) is 5.12. The molecule has 0 bridgehead atoms. The number of nitrogens with zero attached hydrogens (tertiary/aromatic N) is 1. The first-order valence-electron chi connectivity index (χ1n) is 6.52. The normalized spacial score (nSPS) is 19.0. The third-order valence-corrected chi connectivity index (χ3v) is 3.81. The summed E-state index contributed by atoms with van der Waals surface area (Å²) in [5.41, 5.74) is 1.57. The fraction of sp³-hybridized carbons (Fsp3) is 0.333. The van der Waals surface area contributed by atoms with Gasteiger partial charge in [0, 0.05) is 29.9 Å². The number of rotatable bonds is 2. The molecule has 1 aromatic heterocycles. The molecule has 0 spiro atoms. The molecule has 2 heterocycles. The minimum Gasteiger partial charge on any atom is -0.351 e. The Hall–Kier alpha value is -2.10. The summed E-state index contributed by atoms with van der Waals surface area (Å²) >= 11 is 0. The number of fused-ring (bicyclic) bond motifs is 1. The van der Waals surface area contributed by atoms with Gasteiger partial charge in [-0.25, -0.2) is 0 Å². The molecule has 98 valence electrons. The average molecular weight is 256 g/mol. The Kier molecular flexibility index (Phi) is 2.85. The molecule has 3 rings (SSSR count). The number of para-hydroxylation sites is 1. The van der Waals surface area contributed by atoms with E-state index in [1.165, 1.54) is 0 Å². The zero-order chi connectivity index (χ0) is 13.4. The van der Waals surface area contributed by atoms with Crippen LogP contribution >= 0.6 is 0 Å². The predicted octanol–water partition coefficient (Wildman–Crippen LogP) is 2.22. The molecule has 4 nitrogen and oxygen atoms in total. The number of hydrogen-bond acceptors (Lipinski definition) is 2. The van der Waals surface area contributed by atoms with Gasteiger partial charge in [0.05, 0.1) is 0 Å². The molecule has 0 radical (unpaired) electrons. The van der Waals surface area contributed by atoms with E-state index in [4.69, 9.17) is 0 Å². The molecule has 1 aliphatic heterocycles. The van der Waals surface area contributed by atoms with Gasteiger partial charge in [0.25, 0.3) is 5.91 Å². The summed E-state index contributed by atoms with van der Waals surface area (Å²) in [6.45, 7) is 2.81. The van der Waals surface area contributed by atoms with Crippen LogP contribution in [0.2, 0.25) is 0 Å². The van der Waals surface area contributed by atoms with Gasteiger partial charge < -0.3 is 9.88 Å². The molecule has 1 saturated heterocycles. The molecule has 1 aromatic carbocycles. The number of carbonyl (C=O) groups is 2. The third-order valence-electron chi connectivity index (χ3n) is 3.81. The molecule has 0 unspecified atom stereocenters. The lowest BCUT2D eigenvalue weighted by Crippen LogP contribution is -2.29. The maximum Gasteiger partial charge on any atom is 0.270 e. The van der Waals surface area contributed by atoms with Crippen LogP contribution < -0.4 is 0 Å². The molecule has 0 aliphatic carbocycles. The van der Waals surface area contributed by atoms with Crippen LogP contribution in [0.5, 0.6) is 0 Å². The molecule has 1 fully saturated rings. The summed E-state index contributed by atoms with van der Waals surface area (Å²) < 4.78 is 0. The quantitative estimate of drug-likeness (QED) is 0.895. The minimum absolute atomic E-state index is 0.00771. The van der Waals surface area contributed by atoms with Crippen LogP contribution in [0.1, 0.15) is 23.8 Å². The lowest BCUT2D eigenvalue weighted by Gasteiger charge is -2.14. The van der Waals surface area contributed by atoms with Crippen molar-refractivity contribution in [3.8, 4) is 0 Å². The van der Waals surface area contributed by atoms with Crippen LogP contribution in [-0.2, 0) is 4.79 Å². The Morgan fingerprint density at radius 1 is 1.32 bits per heavy atom. The van der Waals surface area contributed by atoms with Gasteiger partial charge in [-0.1, -0.05) is 18.2 Å². The summed E-state index contributed by atoms with van der Waals surface area (Å²) in [5.74, 6) is 0.167. The van der Waals surface area contributed by atoms with Crippen molar-refractivity contribution in [1.29, 1.82) is 0 Å². The van der Waals surface area contributed by atoms with Gasteiger partial charge in [0.15, 0.2) is 0 Å². The first-order valence-corrected chi connectivity index (χ1v) is 6.52. The molecule has 19 heavy (non-hydrogen) atoms. The van der Waals surface area contributed by atoms with Crippen molar-refractivity contribution in [3.05, 3.63) is 36.0 Å². The smallest absolute Gasteiger partial charge is 0.270 e. The number of carbonyl (C=O) groups excluding carboxylic acids is 2. The molecule has 1 amide bonds. The van der Waals surface area contributed by atoms with E-state index < -0.39 is 0 Å². The van der Waals surface area contributed by atoms with Crippen molar-refractivity contribution in [3.63, 3.8) is 0 Å². The van der Waals surface area contributed by atoms with Crippen molar-refractivity contribution < 1.29 is 9.59 Å². The number of Topliss-reactive ketones (excluding diaryl/α,β-unsaturated/α-hetero) is 1. The van der Waals surface area contributed by atoms with Gasteiger partial charge in [-0.05, 0) is 25.5 Å². The van der Waals surface area contributed by atoms with Gasteiger partial charge in [0.1, 0.15) is 11.5 Å². The summed E-state index contributed by atoms with van der Waals surface area (Å²) in [7, 11) is 0. The van der Waals surface area contributed by atoms with Gasteiger partial charge in [-0.15, -0.1) is 0 Å². The van der Waals surface area contributed by atoms with Gasteiger partial charge in [-0.3, -0.25) is 9.59 Å². The monoisotopic (exact) mass is 256 g/mol. The van der Waals surface area contributed by atoms with Crippen molar-refractivity contribution in [2.24, 2.45) is 5.92 Å². The topological polar surface area (TPSA) is 53.2 Å². The Bertz CT molecular complexity index is 611. The number of nitrogens with one attached hydrogen (secondary N) is 1. The van der Waals surface area contributed by atoms with E-state index in [2.05, 4.69) is 4.98 Å². The first kappa shape index (κ1) is 12.0. The maximum atomic E-state index is 12.4. The number of benzene rings is 1. The van der Waals surface area contributed by atoms with Crippen LogP contribution in [0.3, 0.4) is 0 Å². The van der Waals surface area contributed by atoms with Crippen LogP contribution in [-0.4, -0.2) is 34.7 Å². The third kappa shape index (κ3) is 2.14.